The van der Waals surface area contributed by atoms with Crippen molar-refractivity contribution in [3.8, 4) is 5.75 Å². The molecule has 0 radical (unpaired) electrons. The number of morpholine rings is 1. The number of thiazole rings is 1. The van der Waals surface area contributed by atoms with Crippen LogP contribution in [0.1, 0.15) is 18.4 Å². The van der Waals surface area contributed by atoms with E-state index in [0.717, 1.165) is 65.7 Å². The van der Waals surface area contributed by atoms with Gasteiger partial charge in [-0.2, -0.15) is 0 Å². The van der Waals surface area contributed by atoms with Gasteiger partial charge in [-0.25, -0.2) is 9.37 Å². The number of carbonyl (C=O) groups excluding carboxylic acids is 1. The molecule has 1 amide bonds. The minimum Gasteiger partial charge on any atom is -0.494 e. The predicted octanol–water partition coefficient (Wildman–Crippen LogP) is 5.41. The zero-order chi connectivity index (χ0) is 23.9. The minimum absolute atomic E-state index is 0. The standard InChI is InChI=1S/C25H30FN3O3S2.ClH/c1-18-4-9-21(31-2)23-24(18)34-25(27-23)29(12-3-11-28-13-15-32-16-14-28)22(30)10-17-33-20-7-5-19(26)6-8-20;/h4-9H,3,10-17H2,1-2H3;1H. The zero-order valence-corrected chi connectivity index (χ0v) is 22.4. The summed E-state index contributed by atoms with van der Waals surface area (Å²) in [5.41, 5.74) is 1.92. The predicted molar refractivity (Wildman–Crippen MR) is 144 cm³/mol. The van der Waals surface area contributed by atoms with Crippen LogP contribution in [-0.4, -0.2) is 68.0 Å². The van der Waals surface area contributed by atoms with Gasteiger partial charge in [0.2, 0.25) is 5.91 Å². The number of thioether (sulfide) groups is 1. The molecule has 1 aliphatic heterocycles. The van der Waals surface area contributed by atoms with Gasteiger partial charge in [-0.15, -0.1) is 24.2 Å². The Bertz CT molecular complexity index is 1110. The van der Waals surface area contributed by atoms with Crippen LogP contribution in [0.5, 0.6) is 5.75 Å². The van der Waals surface area contributed by atoms with E-state index in [0.29, 0.717) is 23.8 Å². The number of anilines is 1. The highest BCUT2D eigenvalue weighted by Crippen LogP contribution is 2.36. The molecule has 0 saturated carbocycles. The van der Waals surface area contributed by atoms with Crippen molar-refractivity contribution < 1.29 is 18.7 Å². The number of amides is 1. The van der Waals surface area contributed by atoms with Gasteiger partial charge in [0.1, 0.15) is 17.1 Å². The molecular weight excluding hydrogens is 509 g/mol. The van der Waals surface area contributed by atoms with E-state index >= 15 is 0 Å². The first-order valence-corrected chi connectivity index (χ1v) is 13.3. The number of benzene rings is 2. The van der Waals surface area contributed by atoms with E-state index in [4.69, 9.17) is 14.5 Å². The van der Waals surface area contributed by atoms with E-state index in [1.54, 1.807) is 31.0 Å². The van der Waals surface area contributed by atoms with E-state index in [9.17, 15) is 9.18 Å². The van der Waals surface area contributed by atoms with Gasteiger partial charge < -0.3 is 9.47 Å². The Morgan fingerprint density at radius 3 is 2.69 bits per heavy atom. The topological polar surface area (TPSA) is 54.9 Å². The summed E-state index contributed by atoms with van der Waals surface area (Å²) in [6.07, 6.45) is 1.24. The fourth-order valence-electron chi connectivity index (χ4n) is 3.90. The molecule has 0 N–H and O–H groups in total. The van der Waals surface area contributed by atoms with Gasteiger partial charge >= 0.3 is 0 Å². The summed E-state index contributed by atoms with van der Waals surface area (Å²) in [6.45, 7) is 6.97. The highest BCUT2D eigenvalue weighted by molar-refractivity contribution is 7.99. The molecule has 1 fully saturated rings. The van der Waals surface area contributed by atoms with Crippen molar-refractivity contribution in [3.63, 3.8) is 0 Å². The summed E-state index contributed by atoms with van der Waals surface area (Å²) < 4.78 is 25.2. The van der Waals surface area contributed by atoms with Crippen molar-refractivity contribution in [2.75, 3.05) is 57.2 Å². The number of aryl methyl sites for hydroxylation is 1. The number of fused-ring (bicyclic) bond motifs is 1. The fraction of sp³-hybridized carbons (Fsp3) is 0.440. The quantitative estimate of drug-likeness (QED) is 0.321. The lowest BCUT2D eigenvalue weighted by Gasteiger charge is -2.27. The molecule has 1 aliphatic rings. The maximum atomic E-state index is 13.3. The largest absolute Gasteiger partial charge is 0.494 e. The summed E-state index contributed by atoms with van der Waals surface area (Å²) >= 11 is 3.10. The molecule has 2 heterocycles. The van der Waals surface area contributed by atoms with Crippen LogP contribution in [0.3, 0.4) is 0 Å². The normalized spacial score (nSPS) is 14.0. The number of aromatic nitrogens is 1. The third-order valence-electron chi connectivity index (χ3n) is 5.80. The Hall–Kier alpha value is -1.91. The highest BCUT2D eigenvalue weighted by Gasteiger charge is 2.22. The van der Waals surface area contributed by atoms with Crippen molar-refractivity contribution in [2.45, 2.75) is 24.7 Å². The van der Waals surface area contributed by atoms with Gasteiger partial charge in [0.25, 0.3) is 0 Å². The Balaban J connectivity index is 0.00000342. The molecule has 4 rings (SSSR count). The molecule has 35 heavy (non-hydrogen) atoms. The lowest BCUT2D eigenvalue weighted by Crippen LogP contribution is -2.39. The first-order chi connectivity index (χ1) is 16.5. The lowest BCUT2D eigenvalue weighted by molar-refractivity contribution is -0.118. The minimum atomic E-state index is -0.256. The van der Waals surface area contributed by atoms with Gasteiger partial charge in [0, 0.05) is 43.2 Å². The third kappa shape index (κ3) is 7.30. The molecule has 6 nitrogen and oxygen atoms in total. The van der Waals surface area contributed by atoms with Crippen LogP contribution in [0, 0.1) is 12.7 Å². The zero-order valence-electron chi connectivity index (χ0n) is 20.0. The fourth-order valence-corrected chi connectivity index (χ4v) is 5.84. The first-order valence-electron chi connectivity index (χ1n) is 11.5. The van der Waals surface area contributed by atoms with E-state index in [1.807, 2.05) is 24.0 Å². The van der Waals surface area contributed by atoms with E-state index in [2.05, 4.69) is 4.90 Å². The second-order valence-corrected chi connectivity index (χ2v) is 10.3. The molecule has 10 heteroatoms. The monoisotopic (exact) mass is 539 g/mol. The molecule has 0 atom stereocenters. The van der Waals surface area contributed by atoms with Crippen molar-refractivity contribution in [1.29, 1.82) is 0 Å². The van der Waals surface area contributed by atoms with E-state index < -0.39 is 0 Å². The Labute approximate surface area is 220 Å². The van der Waals surface area contributed by atoms with Gasteiger partial charge in [-0.1, -0.05) is 17.4 Å². The molecule has 1 saturated heterocycles. The summed E-state index contributed by atoms with van der Waals surface area (Å²) in [7, 11) is 1.64. The van der Waals surface area contributed by atoms with Crippen LogP contribution >= 0.6 is 35.5 Å². The molecule has 0 spiro atoms. The average molecular weight is 540 g/mol. The van der Waals surface area contributed by atoms with Crippen LogP contribution in [-0.2, 0) is 9.53 Å². The maximum absolute atomic E-state index is 13.3. The molecule has 2 aromatic carbocycles. The molecule has 0 unspecified atom stereocenters. The highest BCUT2D eigenvalue weighted by atomic mass is 35.5. The smallest absolute Gasteiger partial charge is 0.229 e. The van der Waals surface area contributed by atoms with Crippen molar-refractivity contribution in [1.82, 2.24) is 9.88 Å². The Kier molecular flexibility index (Phi) is 10.6. The molecule has 0 aliphatic carbocycles. The number of nitrogens with zero attached hydrogens (tertiary/aromatic N) is 3. The molecular formula is C25H31ClFN3O3S2. The summed E-state index contributed by atoms with van der Waals surface area (Å²) in [6, 6.07) is 10.3. The first kappa shape index (κ1) is 27.7. The average Bonchev–Trinajstić information content (AvgIpc) is 3.30. The second kappa shape index (κ2) is 13.4. The van der Waals surface area contributed by atoms with Gasteiger partial charge in [-0.05, 0) is 49.2 Å². The van der Waals surface area contributed by atoms with Crippen LogP contribution in [0.2, 0.25) is 0 Å². The van der Waals surface area contributed by atoms with Crippen LogP contribution < -0.4 is 9.64 Å². The van der Waals surface area contributed by atoms with Gasteiger partial charge in [0.15, 0.2) is 5.13 Å². The van der Waals surface area contributed by atoms with Gasteiger partial charge in [-0.3, -0.25) is 14.6 Å². The Morgan fingerprint density at radius 1 is 1.23 bits per heavy atom. The van der Waals surface area contributed by atoms with Crippen LogP contribution in [0.4, 0.5) is 9.52 Å². The number of hydrogen-bond donors (Lipinski definition) is 0. The lowest BCUT2D eigenvalue weighted by atomic mass is 10.2. The van der Waals surface area contributed by atoms with E-state index in [1.165, 1.54) is 23.5 Å². The maximum Gasteiger partial charge on any atom is 0.229 e. The number of rotatable bonds is 10. The summed E-state index contributed by atoms with van der Waals surface area (Å²) in [5.74, 6) is 1.13. The molecule has 0 bridgehead atoms. The van der Waals surface area contributed by atoms with Crippen molar-refractivity contribution in [3.05, 3.63) is 47.8 Å². The number of halogens is 2. The SMILES string of the molecule is COc1ccc(C)c2sc(N(CCCN3CCOCC3)C(=O)CCSc3ccc(F)cc3)nc12.Cl. The van der Waals surface area contributed by atoms with Crippen LogP contribution in [0.25, 0.3) is 10.2 Å². The Morgan fingerprint density at radius 2 is 1.97 bits per heavy atom. The van der Waals surface area contributed by atoms with Crippen molar-refractivity contribution in [2.24, 2.45) is 0 Å². The molecule has 1 aromatic heterocycles. The molecule has 3 aromatic rings. The number of carbonyl (C=O) groups is 1. The molecule has 190 valence electrons. The van der Waals surface area contributed by atoms with Gasteiger partial charge in [0.05, 0.1) is 25.0 Å². The number of hydrogen-bond acceptors (Lipinski definition) is 7. The second-order valence-electron chi connectivity index (χ2n) is 8.16. The summed E-state index contributed by atoms with van der Waals surface area (Å²) in [5, 5.41) is 0.710. The van der Waals surface area contributed by atoms with Crippen LogP contribution in [0.15, 0.2) is 41.3 Å². The number of methoxy groups -OCH3 is 1. The number of ether oxygens (including phenoxy) is 2. The van der Waals surface area contributed by atoms with Crippen molar-refractivity contribution >= 4 is 56.8 Å². The third-order valence-corrected chi connectivity index (χ3v) is 8.03. The summed E-state index contributed by atoms with van der Waals surface area (Å²) in [4.78, 5) is 23.3. The van der Waals surface area contributed by atoms with E-state index in [-0.39, 0.29) is 24.1 Å².